The molecule has 4 aromatic rings. The first-order valence-electron chi connectivity index (χ1n) is 11.0. The van der Waals surface area contributed by atoms with E-state index in [1.165, 1.54) is 4.88 Å². The summed E-state index contributed by atoms with van der Waals surface area (Å²) in [5, 5.41) is 8.82. The van der Waals surface area contributed by atoms with Gasteiger partial charge in [0.05, 0.1) is 33.5 Å². The third kappa shape index (κ3) is 5.41. The summed E-state index contributed by atoms with van der Waals surface area (Å²) in [5.41, 5.74) is 3.75. The molecule has 3 heterocycles. The average molecular weight is 511 g/mol. The van der Waals surface area contributed by atoms with Crippen LogP contribution in [-0.2, 0) is 6.54 Å². The molecule has 0 aliphatic carbocycles. The van der Waals surface area contributed by atoms with Gasteiger partial charge in [0.1, 0.15) is 5.69 Å². The van der Waals surface area contributed by atoms with Crippen LogP contribution in [0.3, 0.4) is 0 Å². The largest absolute Gasteiger partial charge is 0.345 e. The van der Waals surface area contributed by atoms with Crippen molar-refractivity contribution in [2.75, 3.05) is 0 Å². The number of hydrogen-bond donors (Lipinski definition) is 1. The van der Waals surface area contributed by atoms with Gasteiger partial charge in [0.15, 0.2) is 0 Å². The number of pyridine rings is 1. The lowest BCUT2D eigenvalue weighted by Gasteiger charge is -2.09. The van der Waals surface area contributed by atoms with Crippen molar-refractivity contribution in [3.8, 4) is 16.3 Å². The van der Waals surface area contributed by atoms with E-state index in [-0.39, 0.29) is 12.5 Å². The molecule has 0 aliphatic rings. The van der Waals surface area contributed by atoms with Crippen LogP contribution in [-0.4, -0.2) is 20.7 Å². The molecule has 0 radical (unpaired) electrons. The third-order valence-electron chi connectivity index (χ3n) is 5.27. The van der Waals surface area contributed by atoms with E-state index in [9.17, 15) is 4.79 Å². The number of hydrogen-bond acceptors (Lipinski definition) is 4. The molecule has 174 valence electrons. The Morgan fingerprint density at radius 1 is 1.18 bits per heavy atom. The van der Waals surface area contributed by atoms with E-state index in [0.717, 1.165) is 40.4 Å². The Kier molecular flexibility index (Phi) is 7.83. The Morgan fingerprint density at radius 3 is 2.76 bits per heavy atom. The number of amides is 1. The number of halogens is 2. The first-order valence-corrected chi connectivity index (χ1v) is 12.5. The number of benzene rings is 1. The number of allylic oxidation sites excluding steroid dienone is 1. The summed E-state index contributed by atoms with van der Waals surface area (Å²) in [7, 11) is 0. The Morgan fingerprint density at radius 2 is 2.03 bits per heavy atom. The van der Waals surface area contributed by atoms with Crippen molar-refractivity contribution in [1.82, 2.24) is 20.1 Å². The number of rotatable bonds is 8. The van der Waals surface area contributed by atoms with Crippen LogP contribution in [0.15, 0.2) is 60.8 Å². The summed E-state index contributed by atoms with van der Waals surface area (Å²) in [4.78, 5) is 18.9. The van der Waals surface area contributed by atoms with E-state index in [4.69, 9.17) is 28.3 Å². The van der Waals surface area contributed by atoms with Gasteiger partial charge in [-0.05, 0) is 61.9 Å². The number of nitrogens with zero attached hydrogens (tertiary/aromatic N) is 3. The monoisotopic (exact) mass is 510 g/mol. The molecule has 0 unspecified atom stereocenters. The van der Waals surface area contributed by atoms with Crippen LogP contribution in [0.4, 0.5) is 0 Å². The van der Waals surface area contributed by atoms with Gasteiger partial charge >= 0.3 is 0 Å². The smallest absolute Gasteiger partial charge is 0.270 e. The highest BCUT2D eigenvalue weighted by atomic mass is 35.5. The molecule has 0 aliphatic heterocycles. The summed E-state index contributed by atoms with van der Waals surface area (Å²) < 4.78 is 1.83. The van der Waals surface area contributed by atoms with Gasteiger partial charge in [-0.3, -0.25) is 9.78 Å². The Hall–Kier alpha value is -2.93. The van der Waals surface area contributed by atoms with E-state index in [2.05, 4.69) is 41.5 Å². The van der Waals surface area contributed by atoms with Gasteiger partial charge in [-0.15, -0.1) is 11.3 Å². The molecule has 0 spiro atoms. The molecule has 0 fully saturated rings. The molecule has 1 N–H and O–H groups in total. The molecule has 4 rings (SSSR count). The third-order valence-corrected chi connectivity index (χ3v) is 6.87. The summed E-state index contributed by atoms with van der Waals surface area (Å²) >= 11 is 14.4. The topological polar surface area (TPSA) is 59.8 Å². The molecule has 1 aromatic carbocycles. The van der Waals surface area contributed by atoms with Gasteiger partial charge in [-0.25, -0.2) is 4.68 Å². The van der Waals surface area contributed by atoms with E-state index < -0.39 is 0 Å². The van der Waals surface area contributed by atoms with Crippen LogP contribution in [0.2, 0.25) is 10.0 Å². The minimum atomic E-state index is -0.250. The van der Waals surface area contributed by atoms with Crippen LogP contribution < -0.4 is 5.32 Å². The minimum absolute atomic E-state index is 0.250. The van der Waals surface area contributed by atoms with E-state index in [0.29, 0.717) is 15.7 Å². The number of unbranched alkanes of at least 4 members (excludes halogenated alkanes) is 1. The van der Waals surface area contributed by atoms with Crippen molar-refractivity contribution in [3.05, 3.63) is 92.7 Å². The number of carbonyl (C=O) groups is 1. The van der Waals surface area contributed by atoms with Gasteiger partial charge in [0, 0.05) is 21.7 Å². The number of thiophene rings is 1. The van der Waals surface area contributed by atoms with E-state index >= 15 is 0 Å². The summed E-state index contributed by atoms with van der Waals surface area (Å²) in [6.45, 7) is 4.44. The zero-order valence-corrected chi connectivity index (χ0v) is 21.2. The lowest BCUT2D eigenvalue weighted by molar-refractivity contribution is 0.0945. The zero-order valence-electron chi connectivity index (χ0n) is 18.9. The second-order valence-corrected chi connectivity index (χ2v) is 9.68. The second kappa shape index (κ2) is 11.0. The van der Waals surface area contributed by atoms with Crippen LogP contribution in [0.1, 0.15) is 46.4 Å². The molecule has 34 heavy (non-hydrogen) atoms. The molecule has 0 bridgehead atoms. The van der Waals surface area contributed by atoms with E-state index in [1.807, 2.05) is 17.7 Å². The fourth-order valence-corrected chi connectivity index (χ4v) is 5.03. The molecular weight excluding hydrogens is 487 g/mol. The molecule has 0 saturated carbocycles. The minimum Gasteiger partial charge on any atom is -0.345 e. The predicted octanol–water partition coefficient (Wildman–Crippen LogP) is 7.35. The highest BCUT2D eigenvalue weighted by Crippen LogP contribution is 2.36. The molecule has 0 saturated heterocycles. The van der Waals surface area contributed by atoms with Gasteiger partial charge in [-0.2, -0.15) is 5.10 Å². The van der Waals surface area contributed by atoms with Crippen molar-refractivity contribution >= 4 is 46.5 Å². The van der Waals surface area contributed by atoms with Crippen molar-refractivity contribution in [2.24, 2.45) is 0 Å². The molecule has 8 heteroatoms. The van der Waals surface area contributed by atoms with E-state index in [1.54, 1.807) is 47.9 Å². The maximum Gasteiger partial charge on any atom is 0.270 e. The second-order valence-electron chi connectivity index (χ2n) is 7.72. The van der Waals surface area contributed by atoms with Crippen LogP contribution in [0, 0.1) is 6.92 Å². The molecule has 5 nitrogen and oxygen atoms in total. The summed E-state index contributed by atoms with van der Waals surface area (Å²) in [6, 6.07) is 14.8. The normalized spacial score (nSPS) is 11.3. The lowest BCUT2D eigenvalue weighted by atomic mass is 10.1. The van der Waals surface area contributed by atoms with Gasteiger partial charge in [0.25, 0.3) is 5.91 Å². The maximum atomic E-state index is 12.5. The molecule has 1 amide bonds. The lowest BCUT2D eigenvalue weighted by Crippen LogP contribution is -2.24. The molecule has 3 aromatic heterocycles. The van der Waals surface area contributed by atoms with Crippen molar-refractivity contribution in [2.45, 2.75) is 33.2 Å². The number of carbonyl (C=O) groups excluding carboxylic acids is 1. The fraction of sp³-hybridized carbons (Fsp3) is 0.192. The molecular formula is C26H24Cl2N4OS. The van der Waals surface area contributed by atoms with Gasteiger partial charge in [-0.1, -0.05) is 48.7 Å². The first-order chi connectivity index (χ1) is 16.5. The molecule has 0 atom stereocenters. The fourth-order valence-electron chi connectivity index (χ4n) is 3.51. The van der Waals surface area contributed by atoms with Crippen molar-refractivity contribution in [1.29, 1.82) is 0 Å². The van der Waals surface area contributed by atoms with Gasteiger partial charge < -0.3 is 5.32 Å². The highest BCUT2D eigenvalue weighted by molar-refractivity contribution is 7.16. The summed E-state index contributed by atoms with van der Waals surface area (Å²) in [6.07, 6.45) is 8.10. The van der Waals surface area contributed by atoms with Crippen LogP contribution in [0.5, 0.6) is 0 Å². The number of nitrogens with one attached hydrogen (secondary N) is 1. The Bertz CT molecular complexity index is 1330. The Balaban J connectivity index is 1.71. The van der Waals surface area contributed by atoms with Crippen molar-refractivity contribution < 1.29 is 4.79 Å². The SMILES string of the molecule is CCC/C=C/c1ccc(-c2c(C)c(CNC(=O)c3ccccn3)nn2-c2ccc(Cl)cc2Cl)s1. The Labute approximate surface area is 213 Å². The highest BCUT2D eigenvalue weighted by Gasteiger charge is 2.21. The maximum absolute atomic E-state index is 12.5. The average Bonchev–Trinajstić information content (AvgIpc) is 3.42. The predicted molar refractivity (Wildman–Crippen MR) is 141 cm³/mol. The summed E-state index contributed by atoms with van der Waals surface area (Å²) in [5.74, 6) is -0.250. The quantitative estimate of drug-likeness (QED) is 0.269. The number of aromatic nitrogens is 3. The first kappa shape index (κ1) is 24.2. The zero-order chi connectivity index (χ0) is 24.1. The van der Waals surface area contributed by atoms with Crippen LogP contribution in [0.25, 0.3) is 22.3 Å². The standard InChI is InChI=1S/C26H24Cl2N4OS/c1-3-4-5-8-19-11-13-24(34-19)25-17(2)22(16-30-26(33)21-9-6-7-14-29-21)31-32(25)23-12-10-18(27)15-20(23)28/h5-15H,3-4,16H2,1-2H3,(H,30,33)/b8-5+. The van der Waals surface area contributed by atoms with Crippen molar-refractivity contribution in [3.63, 3.8) is 0 Å². The van der Waals surface area contributed by atoms with Gasteiger partial charge in [0.2, 0.25) is 0 Å². The van der Waals surface area contributed by atoms with Crippen LogP contribution >= 0.6 is 34.5 Å².